The van der Waals surface area contributed by atoms with Crippen LogP contribution < -0.4 is 4.90 Å². The highest BCUT2D eigenvalue weighted by Crippen LogP contribution is 2.31. The fourth-order valence-corrected chi connectivity index (χ4v) is 2.83. The van der Waals surface area contributed by atoms with Crippen LogP contribution in [0.25, 0.3) is 0 Å². The maximum atomic E-state index is 13.2. The summed E-state index contributed by atoms with van der Waals surface area (Å²) in [6.07, 6.45) is 2.47. The molecule has 0 amide bonds. The van der Waals surface area contributed by atoms with Gasteiger partial charge >= 0.3 is 0 Å². The lowest BCUT2D eigenvalue weighted by Gasteiger charge is -2.40. The molecule has 0 saturated carbocycles. The third-order valence-electron chi connectivity index (χ3n) is 3.87. The predicted octanol–water partition coefficient (Wildman–Crippen LogP) is 4.19. The summed E-state index contributed by atoms with van der Waals surface area (Å²) in [5.74, 6) is 0.837. The minimum atomic E-state index is -0.206. The Bertz CT molecular complexity index is 394. The van der Waals surface area contributed by atoms with Crippen LogP contribution in [0.4, 0.5) is 10.1 Å². The summed E-state index contributed by atoms with van der Waals surface area (Å²) >= 11 is 5.91. The molecule has 2 rings (SSSR count). The highest BCUT2D eigenvalue weighted by atomic mass is 35.5. The van der Waals surface area contributed by atoms with E-state index in [1.807, 2.05) is 6.07 Å². The van der Waals surface area contributed by atoms with E-state index < -0.39 is 0 Å². The van der Waals surface area contributed by atoms with Gasteiger partial charge in [-0.1, -0.05) is 6.92 Å². The van der Waals surface area contributed by atoms with E-state index in [1.165, 1.54) is 18.9 Å². The van der Waals surface area contributed by atoms with Crippen LogP contribution in [0.1, 0.15) is 32.3 Å². The third-order valence-corrected chi connectivity index (χ3v) is 4.16. The van der Waals surface area contributed by atoms with Crippen molar-refractivity contribution in [2.45, 2.75) is 38.6 Å². The predicted molar refractivity (Wildman–Crippen MR) is 71.2 cm³/mol. The average Bonchev–Trinajstić information content (AvgIpc) is 2.33. The second-order valence-corrected chi connectivity index (χ2v) is 5.23. The van der Waals surface area contributed by atoms with Gasteiger partial charge in [-0.25, -0.2) is 4.39 Å². The van der Waals surface area contributed by atoms with Crippen LogP contribution in [0.2, 0.25) is 0 Å². The van der Waals surface area contributed by atoms with Crippen molar-refractivity contribution in [3.63, 3.8) is 0 Å². The van der Waals surface area contributed by atoms with Crippen LogP contribution >= 0.6 is 11.6 Å². The lowest BCUT2D eigenvalue weighted by Crippen LogP contribution is -2.42. The maximum absolute atomic E-state index is 13.2. The van der Waals surface area contributed by atoms with Gasteiger partial charge in [0.2, 0.25) is 0 Å². The smallest absolute Gasteiger partial charge is 0.123 e. The van der Waals surface area contributed by atoms with Gasteiger partial charge < -0.3 is 4.90 Å². The minimum Gasteiger partial charge on any atom is -0.368 e. The van der Waals surface area contributed by atoms with E-state index in [4.69, 9.17) is 11.6 Å². The Hall–Kier alpha value is -0.760. The first-order valence-corrected chi connectivity index (χ1v) is 6.78. The van der Waals surface area contributed by atoms with E-state index in [0.29, 0.717) is 17.8 Å². The average molecular weight is 256 g/mol. The fraction of sp³-hybridized carbons (Fsp3) is 0.571. The molecule has 2 unspecified atom stereocenters. The molecule has 0 N–H and O–H groups in total. The Kier molecular flexibility index (Phi) is 3.93. The summed E-state index contributed by atoms with van der Waals surface area (Å²) < 4.78 is 13.2. The Balaban J connectivity index is 2.32. The Labute approximate surface area is 108 Å². The van der Waals surface area contributed by atoms with Crippen molar-refractivity contribution in [2.24, 2.45) is 5.92 Å². The molecule has 0 radical (unpaired) electrons. The molecule has 0 aromatic heterocycles. The van der Waals surface area contributed by atoms with Crippen LogP contribution in [0.5, 0.6) is 0 Å². The molecular formula is C14H19ClFN. The number of rotatable bonds is 2. The zero-order valence-corrected chi connectivity index (χ0v) is 11.2. The number of anilines is 1. The van der Waals surface area contributed by atoms with Crippen LogP contribution in [0.3, 0.4) is 0 Å². The quantitative estimate of drug-likeness (QED) is 0.717. The normalized spacial score (nSPS) is 25.1. The molecule has 17 heavy (non-hydrogen) atoms. The molecule has 1 saturated heterocycles. The van der Waals surface area contributed by atoms with Crippen molar-refractivity contribution >= 4 is 17.3 Å². The van der Waals surface area contributed by atoms with Gasteiger partial charge in [-0.15, -0.1) is 11.6 Å². The molecule has 1 aliphatic rings. The lowest BCUT2D eigenvalue weighted by molar-refractivity contribution is 0.363. The number of alkyl halides is 1. The lowest BCUT2D eigenvalue weighted by atomic mass is 9.91. The first-order valence-electron chi connectivity index (χ1n) is 6.24. The summed E-state index contributed by atoms with van der Waals surface area (Å²) in [5, 5.41) is 0. The topological polar surface area (TPSA) is 3.24 Å². The maximum Gasteiger partial charge on any atom is 0.123 e. The van der Waals surface area contributed by atoms with E-state index in [1.54, 1.807) is 6.07 Å². The Morgan fingerprint density at radius 1 is 1.41 bits per heavy atom. The number of nitrogens with zero attached hydrogens (tertiary/aromatic N) is 1. The summed E-state index contributed by atoms with van der Waals surface area (Å²) in [7, 11) is 0. The highest BCUT2D eigenvalue weighted by molar-refractivity contribution is 6.17. The van der Waals surface area contributed by atoms with Crippen molar-refractivity contribution in [3.8, 4) is 0 Å². The molecule has 0 bridgehead atoms. The monoisotopic (exact) mass is 255 g/mol. The van der Waals surface area contributed by atoms with E-state index in [9.17, 15) is 4.39 Å². The molecule has 0 aliphatic carbocycles. The molecule has 1 aliphatic heterocycles. The van der Waals surface area contributed by atoms with Crippen molar-refractivity contribution in [3.05, 3.63) is 29.6 Å². The molecule has 1 aromatic rings. The Morgan fingerprint density at radius 3 is 2.88 bits per heavy atom. The molecule has 0 spiro atoms. The number of benzene rings is 1. The summed E-state index contributed by atoms with van der Waals surface area (Å²) in [6.45, 7) is 5.56. The van der Waals surface area contributed by atoms with Crippen LogP contribution in [-0.4, -0.2) is 12.6 Å². The van der Waals surface area contributed by atoms with Crippen LogP contribution in [0, 0.1) is 11.7 Å². The second-order valence-electron chi connectivity index (χ2n) is 4.96. The number of halogens is 2. The van der Waals surface area contributed by atoms with E-state index >= 15 is 0 Å². The molecule has 1 nitrogen and oxygen atoms in total. The van der Waals surface area contributed by atoms with Crippen LogP contribution in [-0.2, 0) is 5.88 Å². The Morgan fingerprint density at radius 2 is 2.18 bits per heavy atom. The van der Waals surface area contributed by atoms with Crippen molar-refractivity contribution < 1.29 is 4.39 Å². The van der Waals surface area contributed by atoms with E-state index in [2.05, 4.69) is 18.7 Å². The van der Waals surface area contributed by atoms with Crippen molar-refractivity contribution in [1.82, 2.24) is 0 Å². The van der Waals surface area contributed by atoms with Gasteiger partial charge in [0, 0.05) is 24.2 Å². The minimum absolute atomic E-state index is 0.206. The zero-order valence-electron chi connectivity index (χ0n) is 10.4. The molecule has 2 atom stereocenters. The summed E-state index contributed by atoms with van der Waals surface area (Å²) in [4.78, 5) is 2.37. The molecule has 1 aromatic carbocycles. The number of hydrogen-bond donors (Lipinski definition) is 0. The number of hydrogen-bond acceptors (Lipinski definition) is 1. The van der Waals surface area contributed by atoms with Gasteiger partial charge in [0.15, 0.2) is 0 Å². The zero-order chi connectivity index (χ0) is 12.4. The highest BCUT2D eigenvalue weighted by Gasteiger charge is 2.26. The molecule has 94 valence electrons. The van der Waals surface area contributed by atoms with Crippen molar-refractivity contribution in [1.29, 1.82) is 0 Å². The van der Waals surface area contributed by atoms with E-state index in [0.717, 1.165) is 17.8 Å². The number of piperidine rings is 1. The molecule has 3 heteroatoms. The summed E-state index contributed by atoms with van der Waals surface area (Å²) in [6, 6.07) is 5.43. The largest absolute Gasteiger partial charge is 0.368 e. The van der Waals surface area contributed by atoms with Crippen molar-refractivity contribution in [2.75, 3.05) is 11.4 Å². The van der Waals surface area contributed by atoms with Gasteiger partial charge in [-0.05, 0) is 49.4 Å². The first kappa shape index (κ1) is 12.7. The fourth-order valence-electron chi connectivity index (χ4n) is 2.62. The van der Waals surface area contributed by atoms with Gasteiger partial charge in [0.25, 0.3) is 0 Å². The van der Waals surface area contributed by atoms with Gasteiger partial charge in [0.05, 0.1) is 0 Å². The van der Waals surface area contributed by atoms with Gasteiger partial charge in [-0.3, -0.25) is 0 Å². The second kappa shape index (κ2) is 5.26. The van der Waals surface area contributed by atoms with Gasteiger partial charge in [-0.2, -0.15) is 0 Å². The van der Waals surface area contributed by atoms with Crippen LogP contribution in [0.15, 0.2) is 18.2 Å². The third kappa shape index (κ3) is 2.57. The standard InChI is InChI=1S/C14H19ClFN/c1-10-4-3-7-17(11(10)2)14-6-5-13(16)8-12(14)9-15/h5-6,8,10-11H,3-4,7,9H2,1-2H3. The summed E-state index contributed by atoms with van der Waals surface area (Å²) in [5.41, 5.74) is 1.99. The SMILES string of the molecule is CC1CCCN(c2ccc(F)cc2CCl)C1C. The molecule has 1 heterocycles. The van der Waals surface area contributed by atoms with E-state index in [-0.39, 0.29) is 5.82 Å². The molecular weight excluding hydrogens is 237 g/mol. The van der Waals surface area contributed by atoms with Gasteiger partial charge in [0.1, 0.15) is 5.82 Å². The molecule has 1 fully saturated rings. The first-order chi connectivity index (χ1) is 8.13.